The van der Waals surface area contributed by atoms with Crippen LogP contribution in [0, 0.1) is 0 Å². The summed E-state index contributed by atoms with van der Waals surface area (Å²) in [5.41, 5.74) is -0.233. The number of carbonyl (C=O) groups excluding carboxylic acids is 2. The van der Waals surface area contributed by atoms with Gasteiger partial charge < -0.3 is 15.1 Å². The van der Waals surface area contributed by atoms with Crippen molar-refractivity contribution in [2.75, 3.05) is 26.2 Å². The van der Waals surface area contributed by atoms with E-state index in [2.05, 4.69) is 5.32 Å². The lowest BCUT2D eigenvalue weighted by molar-refractivity contribution is -0.131. The van der Waals surface area contributed by atoms with Crippen LogP contribution in [0.25, 0.3) is 0 Å². The molecule has 2 rings (SSSR count). The Labute approximate surface area is 129 Å². The first kappa shape index (κ1) is 15.8. The summed E-state index contributed by atoms with van der Waals surface area (Å²) in [6, 6.07) is 3.89. The van der Waals surface area contributed by atoms with Crippen LogP contribution in [0.3, 0.4) is 0 Å². The maximum absolute atomic E-state index is 12.2. The van der Waals surface area contributed by atoms with Crippen molar-refractivity contribution in [3.63, 3.8) is 0 Å². The minimum absolute atomic E-state index is 0.0483. The van der Waals surface area contributed by atoms with E-state index in [1.54, 1.807) is 16.2 Å². The fraction of sp³-hybridized carbons (Fsp3) is 0.600. The van der Waals surface area contributed by atoms with Crippen molar-refractivity contribution in [1.82, 2.24) is 15.1 Å². The summed E-state index contributed by atoms with van der Waals surface area (Å²) < 4.78 is 0. The highest BCUT2D eigenvalue weighted by atomic mass is 32.1. The van der Waals surface area contributed by atoms with Crippen molar-refractivity contribution in [2.24, 2.45) is 0 Å². The van der Waals surface area contributed by atoms with Crippen molar-refractivity contribution in [2.45, 2.75) is 32.7 Å². The molecular weight excluding hydrogens is 286 g/mol. The molecule has 21 heavy (non-hydrogen) atoms. The van der Waals surface area contributed by atoms with Gasteiger partial charge in [-0.25, -0.2) is 4.79 Å². The third kappa shape index (κ3) is 4.74. The molecule has 5 nitrogen and oxygen atoms in total. The van der Waals surface area contributed by atoms with E-state index in [9.17, 15) is 9.59 Å². The maximum atomic E-state index is 12.2. The molecule has 0 bridgehead atoms. The number of amides is 3. The van der Waals surface area contributed by atoms with Crippen LogP contribution < -0.4 is 5.32 Å². The van der Waals surface area contributed by atoms with E-state index in [0.29, 0.717) is 32.6 Å². The van der Waals surface area contributed by atoms with Gasteiger partial charge in [-0.3, -0.25) is 4.79 Å². The van der Waals surface area contributed by atoms with Crippen LogP contribution in [0.5, 0.6) is 0 Å². The van der Waals surface area contributed by atoms with Crippen LogP contribution >= 0.6 is 11.3 Å². The number of thiophene rings is 1. The minimum Gasteiger partial charge on any atom is -0.339 e. The van der Waals surface area contributed by atoms with Gasteiger partial charge in [-0.15, -0.1) is 11.3 Å². The van der Waals surface area contributed by atoms with Gasteiger partial charge in [-0.2, -0.15) is 0 Å². The highest BCUT2D eigenvalue weighted by molar-refractivity contribution is 7.10. The third-order valence-corrected chi connectivity index (χ3v) is 4.18. The minimum atomic E-state index is -0.233. The van der Waals surface area contributed by atoms with E-state index in [-0.39, 0.29) is 17.5 Å². The Bertz CT molecular complexity index is 486. The van der Waals surface area contributed by atoms with Crippen LogP contribution in [-0.2, 0) is 11.2 Å². The molecule has 0 aliphatic carbocycles. The Hall–Kier alpha value is -1.56. The summed E-state index contributed by atoms with van der Waals surface area (Å²) in [7, 11) is 0. The standard InChI is InChI=1S/C15H23N3O2S/c1-15(2,3)16-14(20)18-8-6-17(7-9-18)13(19)11-12-5-4-10-21-12/h4-5,10H,6-9,11H2,1-3H3,(H,16,20). The monoisotopic (exact) mass is 309 g/mol. The Kier molecular flexibility index (Phi) is 4.88. The van der Waals surface area contributed by atoms with E-state index in [4.69, 9.17) is 0 Å². The molecule has 1 aliphatic rings. The Balaban J connectivity index is 1.80. The van der Waals surface area contributed by atoms with Crippen molar-refractivity contribution < 1.29 is 9.59 Å². The van der Waals surface area contributed by atoms with Gasteiger partial charge >= 0.3 is 6.03 Å². The fourth-order valence-electron chi connectivity index (χ4n) is 2.23. The van der Waals surface area contributed by atoms with Crippen molar-refractivity contribution in [1.29, 1.82) is 0 Å². The molecule has 1 aromatic heterocycles. The average Bonchev–Trinajstić information content (AvgIpc) is 2.90. The molecular formula is C15H23N3O2S. The predicted octanol–water partition coefficient (Wildman–Crippen LogP) is 1.94. The fourth-order valence-corrected chi connectivity index (χ4v) is 2.93. The van der Waals surface area contributed by atoms with E-state index >= 15 is 0 Å². The molecule has 2 heterocycles. The summed E-state index contributed by atoms with van der Waals surface area (Å²) in [5.74, 6) is 0.147. The van der Waals surface area contributed by atoms with E-state index in [1.807, 2.05) is 43.2 Å². The second-order valence-electron chi connectivity index (χ2n) is 6.30. The maximum Gasteiger partial charge on any atom is 0.317 e. The van der Waals surface area contributed by atoms with E-state index in [0.717, 1.165) is 4.88 Å². The Morgan fingerprint density at radius 3 is 2.33 bits per heavy atom. The van der Waals surface area contributed by atoms with Crippen LogP contribution in [0.2, 0.25) is 0 Å². The number of urea groups is 1. The molecule has 6 heteroatoms. The van der Waals surface area contributed by atoms with Crippen LogP contribution in [-0.4, -0.2) is 53.5 Å². The molecule has 0 aromatic carbocycles. The summed E-state index contributed by atoms with van der Waals surface area (Å²) in [6.45, 7) is 8.31. The Morgan fingerprint density at radius 2 is 1.81 bits per heavy atom. The highest BCUT2D eigenvalue weighted by Gasteiger charge is 2.26. The first-order valence-corrected chi connectivity index (χ1v) is 8.10. The number of hydrogen-bond acceptors (Lipinski definition) is 3. The zero-order valence-corrected chi connectivity index (χ0v) is 13.7. The zero-order chi connectivity index (χ0) is 15.5. The third-order valence-electron chi connectivity index (χ3n) is 3.31. The van der Waals surface area contributed by atoms with Gasteiger partial charge in [0.05, 0.1) is 6.42 Å². The summed E-state index contributed by atoms with van der Waals surface area (Å²) >= 11 is 1.61. The molecule has 1 N–H and O–H groups in total. The van der Waals surface area contributed by atoms with Gasteiger partial charge in [-0.1, -0.05) is 6.07 Å². The first-order chi connectivity index (χ1) is 9.85. The van der Waals surface area contributed by atoms with Crippen molar-refractivity contribution in [3.8, 4) is 0 Å². The molecule has 1 saturated heterocycles. The van der Waals surface area contributed by atoms with Crippen LogP contribution in [0.4, 0.5) is 4.79 Å². The van der Waals surface area contributed by atoms with Gasteiger partial charge in [0.1, 0.15) is 0 Å². The second kappa shape index (κ2) is 6.47. The average molecular weight is 309 g/mol. The largest absolute Gasteiger partial charge is 0.339 e. The lowest BCUT2D eigenvalue weighted by atomic mass is 10.1. The molecule has 0 atom stereocenters. The number of piperazine rings is 1. The van der Waals surface area contributed by atoms with Gasteiger partial charge in [0.2, 0.25) is 5.91 Å². The molecule has 0 unspecified atom stereocenters. The number of hydrogen-bond donors (Lipinski definition) is 1. The quantitative estimate of drug-likeness (QED) is 0.908. The molecule has 0 radical (unpaired) electrons. The number of carbonyl (C=O) groups is 2. The topological polar surface area (TPSA) is 52.7 Å². The molecule has 1 fully saturated rings. The number of rotatable bonds is 2. The predicted molar refractivity (Wildman–Crippen MR) is 84.5 cm³/mol. The van der Waals surface area contributed by atoms with Crippen molar-refractivity contribution >= 4 is 23.3 Å². The zero-order valence-electron chi connectivity index (χ0n) is 12.9. The molecule has 3 amide bonds. The first-order valence-electron chi connectivity index (χ1n) is 7.22. The molecule has 1 aliphatic heterocycles. The van der Waals surface area contributed by atoms with E-state index < -0.39 is 0 Å². The molecule has 1 aromatic rings. The van der Waals surface area contributed by atoms with Gasteiger partial charge in [0.15, 0.2) is 0 Å². The SMILES string of the molecule is CC(C)(C)NC(=O)N1CCN(C(=O)Cc2cccs2)CC1. The lowest BCUT2D eigenvalue weighted by Crippen LogP contribution is -2.56. The van der Waals surface area contributed by atoms with E-state index in [1.165, 1.54) is 0 Å². The molecule has 0 saturated carbocycles. The van der Waals surface area contributed by atoms with Crippen LogP contribution in [0.1, 0.15) is 25.6 Å². The number of nitrogens with one attached hydrogen (secondary N) is 1. The summed E-state index contributed by atoms with van der Waals surface area (Å²) in [6.07, 6.45) is 0.464. The van der Waals surface area contributed by atoms with Crippen molar-refractivity contribution in [3.05, 3.63) is 22.4 Å². The number of nitrogens with zero attached hydrogens (tertiary/aromatic N) is 2. The molecule has 116 valence electrons. The summed E-state index contributed by atoms with van der Waals surface area (Å²) in [4.78, 5) is 29.0. The Morgan fingerprint density at radius 1 is 1.19 bits per heavy atom. The van der Waals surface area contributed by atoms with Gasteiger partial charge in [0, 0.05) is 36.6 Å². The van der Waals surface area contributed by atoms with Crippen LogP contribution in [0.15, 0.2) is 17.5 Å². The summed E-state index contributed by atoms with van der Waals surface area (Å²) in [5, 5.41) is 4.94. The normalized spacial score (nSPS) is 16.0. The van der Waals surface area contributed by atoms with Gasteiger partial charge in [-0.05, 0) is 32.2 Å². The second-order valence-corrected chi connectivity index (χ2v) is 7.34. The lowest BCUT2D eigenvalue weighted by Gasteiger charge is -2.36. The smallest absolute Gasteiger partial charge is 0.317 e. The van der Waals surface area contributed by atoms with Gasteiger partial charge in [0.25, 0.3) is 0 Å². The molecule has 0 spiro atoms. The highest BCUT2D eigenvalue weighted by Crippen LogP contribution is 2.12.